The summed E-state index contributed by atoms with van der Waals surface area (Å²) in [7, 11) is 0. The second-order valence-electron chi connectivity index (χ2n) is 3.51. The highest BCUT2D eigenvalue weighted by molar-refractivity contribution is 7.15. The number of morpholine rings is 1. The third-order valence-electron chi connectivity index (χ3n) is 2.32. The first-order valence-corrected chi connectivity index (χ1v) is 5.69. The Balaban J connectivity index is 2.24. The van der Waals surface area contributed by atoms with Gasteiger partial charge in [-0.05, 0) is 0 Å². The van der Waals surface area contributed by atoms with Gasteiger partial charge in [-0.1, -0.05) is 11.3 Å². The van der Waals surface area contributed by atoms with Gasteiger partial charge in [0.2, 0.25) is 10.1 Å². The van der Waals surface area contributed by atoms with Crippen LogP contribution in [0.25, 0.3) is 0 Å². The summed E-state index contributed by atoms with van der Waals surface area (Å²) in [5, 5.41) is 14.2. The minimum Gasteiger partial charge on any atom is -0.480 e. The molecule has 1 N–H and O–H groups in total. The van der Waals surface area contributed by atoms with Crippen molar-refractivity contribution in [1.29, 1.82) is 0 Å². The minimum atomic E-state index is -4.57. The van der Waals surface area contributed by atoms with Gasteiger partial charge in [0.1, 0.15) is 0 Å². The number of hydrogen-bond acceptors (Lipinski definition) is 6. The van der Waals surface area contributed by atoms with Crippen molar-refractivity contribution in [2.24, 2.45) is 0 Å². The van der Waals surface area contributed by atoms with Crippen molar-refractivity contribution < 1.29 is 27.8 Å². The minimum absolute atomic E-state index is 0.0574. The molecule has 10 heteroatoms. The summed E-state index contributed by atoms with van der Waals surface area (Å²) in [5.41, 5.74) is 0. The summed E-state index contributed by atoms with van der Waals surface area (Å²) in [4.78, 5) is 12.2. The fourth-order valence-corrected chi connectivity index (χ4v) is 2.27. The van der Waals surface area contributed by atoms with E-state index in [1.165, 1.54) is 4.90 Å². The summed E-state index contributed by atoms with van der Waals surface area (Å²) in [6.07, 6.45) is -4.57. The fourth-order valence-electron chi connectivity index (χ4n) is 1.48. The number of carboxylic acids is 1. The zero-order valence-electron chi connectivity index (χ0n) is 8.85. The third-order valence-corrected chi connectivity index (χ3v) is 3.32. The SMILES string of the molecule is O=C(O)C1COCCN1c1nnc(C(F)(F)F)s1. The number of carbonyl (C=O) groups is 1. The van der Waals surface area contributed by atoms with Crippen molar-refractivity contribution >= 4 is 22.4 Å². The van der Waals surface area contributed by atoms with Crippen molar-refractivity contribution in [2.75, 3.05) is 24.7 Å². The number of aliphatic carboxylic acids is 1. The van der Waals surface area contributed by atoms with Crippen LogP contribution in [-0.2, 0) is 15.7 Å². The van der Waals surface area contributed by atoms with Crippen LogP contribution in [0.15, 0.2) is 0 Å². The van der Waals surface area contributed by atoms with E-state index in [4.69, 9.17) is 9.84 Å². The number of aromatic nitrogens is 2. The first kappa shape index (κ1) is 13.0. The summed E-state index contributed by atoms with van der Waals surface area (Å²) in [6.45, 7) is 0.324. The maximum absolute atomic E-state index is 12.4. The van der Waals surface area contributed by atoms with Gasteiger partial charge in [-0.2, -0.15) is 13.2 Å². The molecule has 0 aliphatic carbocycles. The Labute approximate surface area is 103 Å². The molecule has 1 aromatic rings. The lowest BCUT2D eigenvalue weighted by molar-refractivity contribution is -0.141. The molecule has 1 unspecified atom stereocenters. The number of rotatable bonds is 2. The molecule has 18 heavy (non-hydrogen) atoms. The van der Waals surface area contributed by atoms with Gasteiger partial charge < -0.3 is 14.7 Å². The number of anilines is 1. The fraction of sp³-hybridized carbons (Fsp3) is 0.625. The van der Waals surface area contributed by atoms with Gasteiger partial charge in [0.15, 0.2) is 6.04 Å². The molecule has 1 aliphatic rings. The maximum atomic E-state index is 12.4. The molecule has 1 aliphatic heterocycles. The molecule has 0 spiro atoms. The van der Waals surface area contributed by atoms with E-state index in [1.807, 2.05) is 0 Å². The molecule has 0 saturated carbocycles. The van der Waals surface area contributed by atoms with E-state index >= 15 is 0 Å². The third kappa shape index (κ3) is 2.53. The molecule has 2 rings (SSSR count). The molecule has 1 atom stereocenters. The van der Waals surface area contributed by atoms with Crippen LogP contribution in [0.2, 0.25) is 0 Å². The van der Waals surface area contributed by atoms with Crippen molar-refractivity contribution in [3.8, 4) is 0 Å². The number of hydrogen-bond donors (Lipinski definition) is 1. The summed E-state index contributed by atoms with van der Waals surface area (Å²) in [5.74, 6) is -1.17. The smallest absolute Gasteiger partial charge is 0.445 e. The van der Waals surface area contributed by atoms with Gasteiger partial charge in [-0.25, -0.2) is 4.79 Å². The summed E-state index contributed by atoms with van der Waals surface area (Å²) in [6, 6.07) is -1.03. The zero-order chi connectivity index (χ0) is 13.3. The molecule has 1 fully saturated rings. The maximum Gasteiger partial charge on any atom is 0.445 e. The average molecular weight is 283 g/mol. The molecule has 100 valence electrons. The standard InChI is InChI=1S/C8H8F3N3O3S/c9-8(10,11)6-12-13-7(18-6)14-1-2-17-3-4(14)5(15)16/h4H,1-3H2,(H,15,16). The quantitative estimate of drug-likeness (QED) is 0.867. The number of nitrogens with zero attached hydrogens (tertiary/aromatic N) is 3. The van der Waals surface area contributed by atoms with Crippen LogP contribution in [0, 0.1) is 0 Å². The highest BCUT2D eigenvalue weighted by atomic mass is 32.1. The monoisotopic (exact) mass is 283 g/mol. The molecule has 6 nitrogen and oxygen atoms in total. The van der Waals surface area contributed by atoms with Gasteiger partial charge >= 0.3 is 12.1 Å². The lowest BCUT2D eigenvalue weighted by Crippen LogP contribution is -2.50. The van der Waals surface area contributed by atoms with Crippen LogP contribution in [0.1, 0.15) is 5.01 Å². The van der Waals surface area contributed by atoms with E-state index in [-0.39, 0.29) is 24.9 Å². The number of alkyl halides is 3. The Morgan fingerprint density at radius 3 is 2.78 bits per heavy atom. The summed E-state index contributed by atoms with van der Waals surface area (Å²) < 4.78 is 42.1. The van der Waals surface area contributed by atoms with Crippen LogP contribution in [0.3, 0.4) is 0 Å². The van der Waals surface area contributed by atoms with Crippen molar-refractivity contribution in [3.63, 3.8) is 0 Å². The Bertz CT molecular complexity index is 450. The van der Waals surface area contributed by atoms with Crippen molar-refractivity contribution in [1.82, 2.24) is 10.2 Å². The van der Waals surface area contributed by atoms with E-state index in [0.29, 0.717) is 11.3 Å². The van der Waals surface area contributed by atoms with Gasteiger partial charge in [0, 0.05) is 6.54 Å². The Morgan fingerprint density at radius 1 is 1.50 bits per heavy atom. The van der Waals surface area contributed by atoms with Gasteiger partial charge in [0.25, 0.3) is 0 Å². The van der Waals surface area contributed by atoms with E-state index in [1.54, 1.807) is 0 Å². The van der Waals surface area contributed by atoms with Crippen LogP contribution in [0.5, 0.6) is 0 Å². The van der Waals surface area contributed by atoms with Crippen molar-refractivity contribution in [3.05, 3.63) is 5.01 Å². The highest BCUT2D eigenvalue weighted by Crippen LogP contribution is 2.35. The van der Waals surface area contributed by atoms with Gasteiger partial charge in [0.05, 0.1) is 13.2 Å². The van der Waals surface area contributed by atoms with Crippen LogP contribution in [-0.4, -0.2) is 47.1 Å². The molecule has 0 bridgehead atoms. The number of halogens is 3. The van der Waals surface area contributed by atoms with Crippen LogP contribution >= 0.6 is 11.3 Å². The predicted octanol–water partition coefficient (Wildman–Crippen LogP) is 0.847. The Hall–Kier alpha value is -1.42. The largest absolute Gasteiger partial charge is 0.480 e. The molecule has 0 amide bonds. The predicted molar refractivity (Wildman–Crippen MR) is 54.5 cm³/mol. The van der Waals surface area contributed by atoms with E-state index in [2.05, 4.69) is 10.2 Å². The Kier molecular flexibility index (Phi) is 3.39. The first-order chi connectivity index (χ1) is 8.39. The molecule has 0 aromatic carbocycles. The van der Waals surface area contributed by atoms with Gasteiger partial charge in [-0.15, -0.1) is 10.2 Å². The van der Waals surface area contributed by atoms with Gasteiger partial charge in [-0.3, -0.25) is 0 Å². The summed E-state index contributed by atoms with van der Waals surface area (Å²) >= 11 is 0.327. The molecule has 0 radical (unpaired) electrons. The topological polar surface area (TPSA) is 75.6 Å². The molecule has 2 heterocycles. The lowest BCUT2D eigenvalue weighted by atomic mass is 10.2. The number of ether oxygens (including phenoxy) is 1. The van der Waals surface area contributed by atoms with Crippen LogP contribution < -0.4 is 4.90 Å². The van der Waals surface area contributed by atoms with E-state index in [9.17, 15) is 18.0 Å². The number of carboxylic acid groups (broad SMARTS) is 1. The zero-order valence-corrected chi connectivity index (χ0v) is 9.66. The van der Waals surface area contributed by atoms with E-state index < -0.39 is 23.2 Å². The molecular formula is C8H8F3N3O3S. The van der Waals surface area contributed by atoms with Crippen molar-refractivity contribution in [2.45, 2.75) is 12.2 Å². The highest BCUT2D eigenvalue weighted by Gasteiger charge is 2.38. The average Bonchev–Trinajstić information content (AvgIpc) is 2.77. The molecular weight excluding hydrogens is 275 g/mol. The van der Waals surface area contributed by atoms with Crippen LogP contribution in [0.4, 0.5) is 18.3 Å². The Morgan fingerprint density at radius 2 is 2.22 bits per heavy atom. The second-order valence-corrected chi connectivity index (χ2v) is 4.47. The molecule has 1 saturated heterocycles. The second kappa shape index (κ2) is 4.69. The normalized spacial score (nSPS) is 21.1. The lowest BCUT2D eigenvalue weighted by Gasteiger charge is -2.31. The molecule has 1 aromatic heterocycles. The first-order valence-electron chi connectivity index (χ1n) is 4.87. The van der Waals surface area contributed by atoms with E-state index in [0.717, 1.165) is 0 Å².